The standard InChI is InChI=1S/C44H48N6O8S2/c51-37-17-23-49(25-37)35-9-5-31(6-10-35)1-3-33-13-19-47(20-14-33)27-41(53)45-39(43(55)56)29-59-60-30-40(44(57)58)46-42(54)28-48-21-15-34(16-22-48)4-2-32-7-11-36(12-8-32)50-24-18-38(52)26-50/h1-16,19-22,37-40,51-52H,17-18,23-30H2,(H2-2,45,46,53,54,55,56,57,58). The van der Waals surface area contributed by atoms with Gasteiger partial charge in [0.2, 0.25) is 13.1 Å². The van der Waals surface area contributed by atoms with Crippen molar-refractivity contribution in [3.05, 3.63) is 120 Å². The normalized spacial score (nSPS) is 17.6. The average Bonchev–Trinajstić information content (AvgIpc) is 3.89. The molecule has 4 atom stereocenters. The van der Waals surface area contributed by atoms with Gasteiger partial charge in [0.15, 0.2) is 24.8 Å². The number of amides is 2. The zero-order valence-electron chi connectivity index (χ0n) is 32.9. The van der Waals surface area contributed by atoms with Crippen LogP contribution in [0.1, 0.15) is 35.1 Å². The molecule has 4 heterocycles. The van der Waals surface area contributed by atoms with Crippen LogP contribution in [0.4, 0.5) is 11.4 Å². The third kappa shape index (κ3) is 13.4. The van der Waals surface area contributed by atoms with E-state index in [2.05, 4.69) is 20.4 Å². The third-order valence-electron chi connectivity index (χ3n) is 10.1. The van der Waals surface area contributed by atoms with Gasteiger partial charge in [0.25, 0.3) is 11.8 Å². The number of carboxylic acids is 2. The summed E-state index contributed by atoms with van der Waals surface area (Å²) in [5.41, 5.74) is 5.98. The van der Waals surface area contributed by atoms with Crippen molar-refractivity contribution in [3.63, 3.8) is 0 Å². The molecule has 6 rings (SSSR count). The quantitative estimate of drug-likeness (QED) is 0.0574. The molecule has 2 aliphatic heterocycles. The minimum atomic E-state index is -1.48. The summed E-state index contributed by atoms with van der Waals surface area (Å²) in [5, 5.41) is 48.1. The van der Waals surface area contributed by atoms with Crippen LogP contribution in [0.5, 0.6) is 0 Å². The van der Waals surface area contributed by atoms with Gasteiger partial charge in [-0.25, -0.2) is 0 Å². The van der Waals surface area contributed by atoms with E-state index in [1.54, 1.807) is 33.9 Å². The maximum absolute atomic E-state index is 12.7. The predicted molar refractivity (Wildman–Crippen MR) is 228 cm³/mol. The summed E-state index contributed by atoms with van der Waals surface area (Å²) in [6.45, 7) is 2.69. The average molecular weight is 853 g/mol. The Morgan fingerprint density at radius 3 is 1.23 bits per heavy atom. The lowest BCUT2D eigenvalue weighted by Gasteiger charge is -2.20. The fourth-order valence-corrected chi connectivity index (χ4v) is 8.98. The highest BCUT2D eigenvalue weighted by Gasteiger charge is 2.22. The first-order valence-corrected chi connectivity index (χ1v) is 22.1. The summed E-state index contributed by atoms with van der Waals surface area (Å²) >= 11 is 0. The van der Waals surface area contributed by atoms with Gasteiger partial charge in [-0.05, 0) is 59.4 Å². The van der Waals surface area contributed by atoms with Crippen LogP contribution < -0.4 is 39.8 Å². The lowest BCUT2D eigenvalue weighted by molar-refractivity contribution is -0.684. The number of anilines is 2. The van der Waals surface area contributed by atoms with Gasteiger partial charge >= 0.3 is 0 Å². The van der Waals surface area contributed by atoms with Crippen molar-refractivity contribution in [2.45, 2.75) is 50.2 Å². The van der Waals surface area contributed by atoms with E-state index in [0.29, 0.717) is 13.1 Å². The molecule has 0 spiro atoms. The maximum atomic E-state index is 12.7. The number of nitrogens with one attached hydrogen (secondary N) is 2. The Balaban J connectivity index is 0.888. The second-order valence-electron chi connectivity index (χ2n) is 14.7. The molecule has 60 heavy (non-hydrogen) atoms. The van der Waals surface area contributed by atoms with E-state index in [9.17, 15) is 39.6 Å². The molecular formula is C44H48N6O8S2. The van der Waals surface area contributed by atoms with Crippen molar-refractivity contribution >= 4 is 81.0 Å². The van der Waals surface area contributed by atoms with E-state index < -0.39 is 35.8 Å². The van der Waals surface area contributed by atoms with Gasteiger partial charge in [-0.3, -0.25) is 9.59 Å². The van der Waals surface area contributed by atoms with Crippen LogP contribution in [-0.2, 0) is 32.3 Å². The van der Waals surface area contributed by atoms with Gasteiger partial charge in [-0.2, -0.15) is 9.13 Å². The topological polar surface area (TPSA) is 193 Å². The van der Waals surface area contributed by atoms with E-state index in [4.69, 9.17) is 0 Å². The Morgan fingerprint density at radius 1 is 0.600 bits per heavy atom. The number of nitrogens with zero attached hydrogens (tertiary/aromatic N) is 4. The number of carboxylic acid groups (broad SMARTS) is 2. The number of carbonyl (C=O) groups excluding carboxylic acids is 4. The Kier molecular flexibility index (Phi) is 15.8. The smallest absolute Gasteiger partial charge is 0.286 e. The van der Waals surface area contributed by atoms with E-state index in [1.807, 2.05) is 97.1 Å². The van der Waals surface area contributed by atoms with Gasteiger partial charge in [-0.1, -0.05) is 70.2 Å². The largest absolute Gasteiger partial charge is 0.548 e. The molecule has 4 aromatic rings. The van der Waals surface area contributed by atoms with Crippen molar-refractivity contribution in [3.8, 4) is 0 Å². The fourth-order valence-electron chi connectivity index (χ4n) is 6.68. The molecule has 2 aromatic heterocycles. The van der Waals surface area contributed by atoms with E-state index >= 15 is 0 Å². The van der Waals surface area contributed by atoms with E-state index in [0.717, 1.165) is 81.1 Å². The van der Waals surface area contributed by atoms with Crippen LogP contribution in [0.3, 0.4) is 0 Å². The molecular weight excluding hydrogens is 805 g/mol. The third-order valence-corrected chi connectivity index (χ3v) is 12.5. The highest BCUT2D eigenvalue weighted by molar-refractivity contribution is 8.76. The molecule has 0 aliphatic carbocycles. The number of aliphatic hydroxyl groups is 2. The van der Waals surface area contributed by atoms with E-state index in [-0.39, 0.29) is 36.8 Å². The molecule has 0 bridgehead atoms. The van der Waals surface area contributed by atoms with Crippen molar-refractivity contribution in [2.75, 3.05) is 47.5 Å². The summed E-state index contributed by atoms with van der Waals surface area (Å²) in [6.07, 6.45) is 15.7. The molecule has 2 aromatic carbocycles. The summed E-state index contributed by atoms with van der Waals surface area (Å²) in [7, 11) is 2.05. The summed E-state index contributed by atoms with van der Waals surface area (Å²) in [4.78, 5) is 53.4. The predicted octanol–water partition coefficient (Wildman–Crippen LogP) is 0.295. The Labute approximate surface area is 356 Å². The number of β-amino-alcohol motifs (C(OH)–C–C–N with tert-alkyl or cyclic N) is 2. The Bertz CT molecular complexity index is 1980. The van der Waals surface area contributed by atoms with Gasteiger partial charge in [0.05, 0.1) is 36.2 Å². The molecule has 2 fully saturated rings. The molecule has 0 radical (unpaired) electrons. The first-order valence-electron chi connectivity index (χ1n) is 19.6. The lowest BCUT2D eigenvalue weighted by atomic mass is 10.1. The monoisotopic (exact) mass is 852 g/mol. The highest BCUT2D eigenvalue weighted by atomic mass is 33.1. The van der Waals surface area contributed by atoms with Crippen molar-refractivity contribution in [1.29, 1.82) is 0 Å². The molecule has 16 heteroatoms. The summed E-state index contributed by atoms with van der Waals surface area (Å²) in [6, 6.07) is 20.8. The van der Waals surface area contributed by atoms with Crippen molar-refractivity contribution in [1.82, 2.24) is 10.6 Å². The Morgan fingerprint density at radius 2 is 0.933 bits per heavy atom. The maximum Gasteiger partial charge on any atom is 0.286 e. The van der Waals surface area contributed by atoms with Crippen molar-refractivity contribution < 1.29 is 48.7 Å². The number of aromatic nitrogens is 2. The van der Waals surface area contributed by atoms with Crippen LogP contribution in [-0.4, -0.2) is 95.9 Å². The van der Waals surface area contributed by atoms with Crippen LogP contribution in [0.15, 0.2) is 97.6 Å². The lowest BCUT2D eigenvalue weighted by Crippen LogP contribution is -2.53. The second-order valence-corrected chi connectivity index (χ2v) is 17.2. The number of benzene rings is 2. The number of rotatable bonds is 19. The van der Waals surface area contributed by atoms with Crippen LogP contribution >= 0.6 is 21.6 Å². The van der Waals surface area contributed by atoms with Crippen LogP contribution in [0, 0.1) is 0 Å². The van der Waals surface area contributed by atoms with Gasteiger partial charge < -0.3 is 50.4 Å². The zero-order valence-corrected chi connectivity index (χ0v) is 34.5. The number of hydrogen-bond acceptors (Lipinski definition) is 12. The van der Waals surface area contributed by atoms with Gasteiger partial charge in [0.1, 0.15) is 0 Å². The molecule has 2 amide bonds. The fraction of sp³-hybridized carbons (Fsp3) is 0.318. The second kappa shape index (κ2) is 21.5. The molecule has 2 saturated heterocycles. The first-order chi connectivity index (χ1) is 29.0. The minimum absolute atomic E-state index is 0.104. The number of hydrogen-bond donors (Lipinski definition) is 4. The highest BCUT2D eigenvalue weighted by Crippen LogP contribution is 2.24. The molecule has 4 N–H and O–H groups in total. The van der Waals surface area contributed by atoms with E-state index in [1.165, 1.54) is 0 Å². The van der Waals surface area contributed by atoms with Crippen molar-refractivity contribution in [2.24, 2.45) is 0 Å². The summed E-state index contributed by atoms with van der Waals surface area (Å²) < 4.78 is 3.23. The molecule has 4 unspecified atom stereocenters. The number of aliphatic hydroxyl groups excluding tert-OH is 2. The molecule has 2 aliphatic rings. The summed E-state index contributed by atoms with van der Waals surface area (Å²) in [5.74, 6) is -4.25. The number of carbonyl (C=O) groups is 4. The van der Waals surface area contributed by atoms with Crippen LogP contribution in [0.25, 0.3) is 24.3 Å². The van der Waals surface area contributed by atoms with Crippen LogP contribution in [0.2, 0.25) is 0 Å². The van der Waals surface area contributed by atoms with Gasteiger partial charge in [0, 0.05) is 73.3 Å². The number of pyridine rings is 2. The Hall–Kier alpha value is -5.68. The number of aliphatic carboxylic acids is 2. The molecule has 314 valence electrons. The zero-order chi connectivity index (χ0) is 42.4. The molecule has 14 nitrogen and oxygen atoms in total. The SMILES string of the molecule is O=C(C[n+]1ccc(/C=C/c2ccc(N3CCC(O)C3)cc2)cc1)NC(CSSCC(NC(=O)C[n+]1ccc(/C=C/c2ccc(N3CCC(O)C3)cc2)cc1)C(=O)[O-])C(=O)[O-]. The van der Waals surface area contributed by atoms with Gasteiger partial charge in [-0.15, -0.1) is 0 Å². The minimum Gasteiger partial charge on any atom is -0.548 e. The molecule has 0 saturated carbocycles. The first kappa shape index (κ1) is 43.9.